The van der Waals surface area contributed by atoms with Crippen molar-refractivity contribution < 1.29 is 13.6 Å². The monoisotopic (exact) mass is 258 g/mol. The smallest absolute Gasteiger partial charge is 0.166 e. The van der Waals surface area contributed by atoms with Gasteiger partial charge in [0.25, 0.3) is 0 Å². The largest absolute Gasteiger partial charge is 0.294 e. The van der Waals surface area contributed by atoms with Crippen LogP contribution in [-0.4, -0.2) is 5.78 Å². The number of halogens is 2. The van der Waals surface area contributed by atoms with Gasteiger partial charge in [-0.15, -0.1) is 0 Å². The average Bonchev–Trinajstić information content (AvgIpc) is 3.18. The quantitative estimate of drug-likeness (QED) is 0.762. The molecule has 0 spiro atoms. The summed E-state index contributed by atoms with van der Waals surface area (Å²) in [5, 5.41) is 0. The van der Waals surface area contributed by atoms with E-state index >= 15 is 0 Å². The lowest BCUT2D eigenvalue weighted by Crippen LogP contribution is -2.04. The first-order chi connectivity index (χ1) is 9.15. The van der Waals surface area contributed by atoms with E-state index in [9.17, 15) is 13.6 Å². The van der Waals surface area contributed by atoms with Crippen LogP contribution in [0.5, 0.6) is 0 Å². The number of hydrogen-bond donors (Lipinski definition) is 0. The second kappa shape index (κ2) is 4.57. The minimum absolute atomic E-state index is 0.126. The molecule has 0 radical (unpaired) electrons. The molecule has 1 aliphatic carbocycles. The molecule has 0 aromatic heterocycles. The molecule has 1 saturated carbocycles. The summed E-state index contributed by atoms with van der Waals surface area (Å²) in [6.45, 7) is 0. The van der Waals surface area contributed by atoms with Gasteiger partial charge in [-0.3, -0.25) is 4.79 Å². The molecular weight excluding hydrogens is 246 g/mol. The molecule has 0 bridgehead atoms. The van der Waals surface area contributed by atoms with Crippen LogP contribution in [0.25, 0.3) is 0 Å². The Morgan fingerprint density at radius 2 is 1.63 bits per heavy atom. The summed E-state index contributed by atoms with van der Waals surface area (Å²) < 4.78 is 26.2. The fourth-order valence-corrected chi connectivity index (χ4v) is 2.46. The zero-order valence-corrected chi connectivity index (χ0v) is 10.1. The molecule has 0 aliphatic heterocycles. The highest BCUT2D eigenvalue weighted by molar-refractivity contribution is 6.00. The second-order valence-electron chi connectivity index (χ2n) is 4.88. The van der Waals surface area contributed by atoms with Gasteiger partial charge in [-0.1, -0.05) is 30.3 Å². The molecule has 2 aromatic rings. The van der Waals surface area contributed by atoms with Gasteiger partial charge in [0.2, 0.25) is 0 Å². The third-order valence-corrected chi connectivity index (χ3v) is 3.50. The molecule has 2 aromatic carbocycles. The zero-order valence-electron chi connectivity index (χ0n) is 10.1. The van der Waals surface area contributed by atoms with E-state index < -0.39 is 11.6 Å². The van der Waals surface area contributed by atoms with Crippen molar-refractivity contribution in [1.82, 2.24) is 0 Å². The van der Waals surface area contributed by atoms with E-state index in [2.05, 4.69) is 0 Å². The number of carbonyl (C=O) groups excluding carboxylic acids is 1. The molecule has 1 fully saturated rings. The van der Waals surface area contributed by atoms with Crippen molar-refractivity contribution in [2.45, 2.75) is 12.3 Å². The van der Waals surface area contributed by atoms with Crippen molar-refractivity contribution in [3.8, 4) is 0 Å². The van der Waals surface area contributed by atoms with Gasteiger partial charge in [0, 0.05) is 17.5 Å². The van der Waals surface area contributed by atoms with Crippen LogP contribution in [0.2, 0.25) is 0 Å². The van der Waals surface area contributed by atoms with E-state index in [4.69, 9.17) is 0 Å². The third-order valence-electron chi connectivity index (χ3n) is 3.50. The molecule has 0 heterocycles. The summed E-state index contributed by atoms with van der Waals surface area (Å²) in [4.78, 5) is 12.2. The van der Waals surface area contributed by atoms with Gasteiger partial charge in [-0.05, 0) is 30.0 Å². The lowest BCUT2D eigenvalue weighted by molar-refractivity contribution is 0.0964. The molecular formula is C16H12F2O. The van der Waals surface area contributed by atoms with E-state index in [1.807, 2.05) is 30.3 Å². The van der Waals surface area contributed by atoms with Crippen molar-refractivity contribution in [1.29, 1.82) is 0 Å². The van der Waals surface area contributed by atoms with Gasteiger partial charge in [-0.2, -0.15) is 0 Å². The highest BCUT2D eigenvalue weighted by Crippen LogP contribution is 2.49. The number of rotatable bonds is 3. The average molecular weight is 258 g/mol. The van der Waals surface area contributed by atoms with Crippen LogP contribution in [0.1, 0.15) is 28.3 Å². The number of benzene rings is 2. The first-order valence-corrected chi connectivity index (χ1v) is 6.20. The van der Waals surface area contributed by atoms with E-state index in [0.29, 0.717) is 0 Å². The van der Waals surface area contributed by atoms with Crippen molar-refractivity contribution in [3.05, 3.63) is 71.3 Å². The molecule has 2 unspecified atom stereocenters. The predicted molar refractivity (Wildman–Crippen MR) is 68.0 cm³/mol. The van der Waals surface area contributed by atoms with Crippen molar-refractivity contribution in [2.24, 2.45) is 5.92 Å². The summed E-state index contributed by atoms with van der Waals surface area (Å²) in [5.41, 5.74) is 1.23. The Hall–Kier alpha value is -2.03. The molecule has 0 saturated heterocycles. The van der Waals surface area contributed by atoms with E-state index in [1.165, 1.54) is 0 Å². The normalized spacial score (nSPS) is 21.2. The SMILES string of the molecule is O=C(c1cc(F)cc(F)c1)C1CC1c1ccccc1. The molecule has 2 atom stereocenters. The minimum atomic E-state index is -0.708. The van der Waals surface area contributed by atoms with Crippen LogP contribution in [0.4, 0.5) is 8.78 Å². The minimum Gasteiger partial charge on any atom is -0.294 e. The Morgan fingerprint density at radius 3 is 2.26 bits per heavy atom. The van der Waals surface area contributed by atoms with Crippen LogP contribution >= 0.6 is 0 Å². The summed E-state index contributed by atoms with van der Waals surface area (Å²) in [6.07, 6.45) is 0.751. The lowest BCUT2D eigenvalue weighted by atomic mass is 10.0. The molecule has 3 heteroatoms. The Balaban J connectivity index is 1.80. The number of Topliss-reactive ketones (excluding diaryl/α,β-unsaturated/α-hetero) is 1. The molecule has 1 aliphatic rings. The maximum atomic E-state index is 13.1. The Labute approximate surface area is 109 Å². The van der Waals surface area contributed by atoms with Crippen LogP contribution in [-0.2, 0) is 0 Å². The molecule has 3 rings (SSSR count). The highest BCUT2D eigenvalue weighted by Gasteiger charge is 2.44. The van der Waals surface area contributed by atoms with Gasteiger partial charge in [0.05, 0.1) is 0 Å². The van der Waals surface area contributed by atoms with E-state index in [1.54, 1.807) is 0 Å². The number of hydrogen-bond acceptors (Lipinski definition) is 1. The predicted octanol–water partition coefficient (Wildman–Crippen LogP) is 3.95. The topological polar surface area (TPSA) is 17.1 Å². The highest BCUT2D eigenvalue weighted by atomic mass is 19.1. The lowest BCUT2D eigenvalue weighted by Gasteiger charge is -2.02. The van der Waals surface area contributed by atoms with Gasteiger partial charge >= 0.3 is 0 Å². The van der Waals surface area contributed by atoms with Crippen molar-refractivity contribution in [3.63, 3.8) is 0 Å². The second-order valence-corrected chi connectivity index (χ2v) is 4.88. The number of carbonyl (C=O) groups is 1. The summed E-state index contributed by atoms with van der Waals surface area (Å²) >= 11 is 0. The molecule has 96 valence electrons. The molecule has 0 amide bonds. The standard InChI is InChI=1S/C16H12F2O/c17-12-6-11(7-13(18)8-12)16(19)15-9-14(15)10-4-2-1-3-5-10/h1-8,14-15H,9H2. The van der Waals surface area contributed by atoms with E-state index in [0.717, 1.165) is 30.2 Å². The van der Waals surface area contributed by atoms with Gasteiger partial charge < -0.3 is 0 Å². The van der Waals surface area contributed by atoms with Gasteiger partial charge in [0.15, 0.2) is 5.78 Å². The first kappa shape index (κ1) is 12.0. The summed E-state index contributed by atoms with van der Waals surface area (Å²) in [5.74, 6) is -1.56. The molecule has 1 nitrogen and oxygen atoms in total. The van der Waals surface area contributed by atoms with Crippen LogP contribution in [0, 0.1) is 17.6 Å². The zero-order chi connectivity index (χ0) is 13.4. The fraction of sp³-hybridized carbons (Fsp3) is 0.188. The Bertz CT molecular complexity index is 602. The van der Waals surface area contributed by atoms with Crippen LogP contribution < -0.4 is 0 Å². The number of ketones is 1. The summed E-state index contributed by atoms with van der Waals surface area (Å²) in [7, 11) is 0. The van der Waals surface area contributed by atoms with E-state index in [-0.39, 0.29) is 23.2 Å². The maximum absolute atomic E-state index is 13.1. The van der Waals surface area contributed by atoms with Crippen molar-refractivity contribution >= 4 is 5.78 Å². The molecule has 0 N–H and O–H groups in total. The Kier molecular flexibility index (Phi) is 2.90. The third kappa shape index (κ3) is 2.41. The van der Waals surface area contributed by atoms with Crippen LogP contribution in [0.3, 0.4) is 0 Å². The van der Waals surface area contributed by atoms with Crippen LogP contribution in [0.15, 0.2) is 48.5 Å². The maximum Gasteiger partial charge on any atom is 0.166 e. The molecule has 19 heavy (non-hydrogen) atoms. The Morgan fingerprint density at radius 1 is 1.00 bits per heavy atom. The fourth-order valence-electron chi connectivity index (χ4n) is 2.46. The summed E-state index contributed by atoms with van der Waals surface area (Å²) in [6, 6.07) is 12.7. The first-order valence-electron chi connectivity index (χ1n) is 6.20. The van der Waals surface area contributed by atoms with Crippen molar-refractivity contribution in [2.75, 3.05) is 0 Å². The van der Waals surface area contributed by atoms with Gasteiger partial charge in [-0.25, -0.2) is 8.78 Å². The van der Waals surface area contributed by atoms with Gasteiger partial charge in [0.1, 0.15) is 11.6 Å².